The minimum absolute atomic E-state index is 0.217. The van der Waals surface area contributed by atoms with E-state index in [1.54, 1.807) is 20.3 Å². The third-order valence-electron chi connectivity index (χ3n) is 6.05. The number of aryl methyl sites for hydroxylation is 2. The van der Waals surface area contributed by atoms with Gasteiger partial charge in [-0.05, 0) is 68.1 Å². The van der Waals surface area contributed by atoms with Gasteiger partial charge in [0.1, 0.15) is 17.1 Å². The summed E-state index contributed by atoms with van der Waals surface area (Å²) in [6.45, 7) is 5.70. The van der Waals surface area contributed by atoms with Crippen LogP contribution in [-0.4, -0.2) is 25.7 Å². The SMILES string of the molecule is COc1ccc(OC)c([C@H]2CCCN2Cc2cc(=O)oc3c(C)c(C)ccc23)c1. The lowest BCUT2D eigenvalue weighted by Crippen LogP contribution is -2.24. The van der Waals surface area contributed by atoms with Crippen LogP contribution in [0.5, 0.6) is 11.5 Å². The van der Waals surface area contributed by atoms with Gasteiger partial charge >= 0.3 is 5.63 Å². The van der Waals surface area contributed by atoms with Gasteiger partial charge in [-0.1, -0.05) is 12.1 Å². The number of ether oxygens (including phenoxy) is 2. The van der Waals surface area contributed by atoms with Crippen LogP contribution in [0, 0.1) is 13.8 Å². The van der Waals surface area contributed by atoms with Crippen molar-refractivity contribution in [2.24, 2.45) is 0 Å². The second-order valence-corrected chi connectivity index (χ2v) is 7.71. The second-order valence-electron chi connectivity index (χ2n) is 7.71. The molecule has 0 bridgehead atoms. The van der Waals surface area contributed by atoms with Crippen molar-refractivity contribution in [2.45, 2.75) is 39.3 Å². The molecule has 1 fully saturated rings. The molecule has 1 atom stereocenters. The van der Waals surface area contributed by atoms with Gasteiger partial charge in [0.05, 0.1) is 14.2 Å². The fraction of sp³-hybridized carbons (Fsp3) is 0.375. The van der Waals surface area contributed by atoms with E-state index in [2.05, 4.69) is 23.1 Å². The summed E-state index contributed by atoms with van der Waals surface area (Å²) in [4.78, 5) is 14.7. The first-order valence-corrected chi connectivity index (χ1v) is 10.0. The number of hydrogen-bond acceptors (Lipinski definition) is 5. The van der Waals surface area contributed by atoms with Crippen LogP contribution in [-0.2, 0) is 6.54 Å². The summed E-state index contributed by atoms with van der Waals surface area (Å²) in [5, 5.41) is 1.01. The molecule has 29 heavy (non-hydrogen) atoms. The third kappa shape index (κ3) is 3.62. The van der Waals surface area contributed by atoms with E-state index < -0.39 is 0 Å². The van der Waals surface area contributed by atoms with Crippen molar-refractivity contribution in [3.63, 3.8) is 0 Å². The highest BCUT2D eigenvalue weighted by Gasteiger charge is 2.29. The lowest BCUT2D eigenvalue weighted by molar-refractivity contribution is 0.243. The molecule has 4 rings (SSSR count). The molecule has 0 radical (unpaired) electrons. The molecule has 0 saturated carbocycles. The first kappa shape index (κ1) is 19.5. The molecule has 2 heterocycles. The molecule has 0 N–H and O–H groups in total. The van der Waals surface area contributed by atoms with Crippen LogP contribution in [0.15, 0.2) is 45.6 Å². The Hall–Kier alpha value is -2.79. The largest absolute Gasteiger partial charge is 0.497 e. The number of likely N-dealkylation sites (tertiary alicyclic amines) is 1. The van der Waals surface area contributed by atoms with E-state index in [-0.39, 0.29) is 11.7 Å². The predicted molar refractivity (Wildman–Crippen MR) is 114 cm³/mol. The van der Waals surface area contributed by atoms with E-state index in [0.717, 1.165) is 58.5 Å². The van der Waals surface area contributed by atoms with E-state index in [9.17, 15) is 4.79 Å². The molecule has 0 amide bonds. The molecule has 0 aliphatic carbocycles. The molecule has 152 valence electrons. The minimum Gasteiger partial charge on any atom is -0.497 e. The molecule has 0 spiro atoms. The van der Waals surface area contributed by atoms with Gasteiger partial charge in [0.15, 0.2) is 0 Å². The van der Waals surface area contributed by atoms with Gasteiger partial charge in [-0.25, -0.2) is 4.79 Å². The van der Waals surface area contributed by atoms with Gasteiger partial charge in [-0.3, -0.25) is 4.90 Å². The lowest BCUT2D eigenvalue weighted by Gasteiger charge is -2.27. The number of rotatable bonds is 5. The first-order valence-electron chi connectivity index (χ1n) is 10.0. The maximum Gasteiger partial charge on any atom is 0.336 e. The summed E-state index contributed by atoms with van der Waals surface area (Å²) in [5.74, 6) is 1.69. The summed E-state index contributed by atoms with van der Waals surface area (Å²) >= 11 is 0. The molecule has 0 unspecified atom stereocenters. The monoisotopic (exact) mass is 393 g/mol. The Morgan fingerprint density at radius 1 is 1.10 bits per heavy atom. The van der Waals surface area contributed by atoms with Crippen molar-refractivity contribution in [2.75, 3.05) is 20.8 Å². The Morgan fingerprint density at radius 2 is 1.93 bits per heavy atom. The highest BCUT2D eigenvalue weighted by atomic mass is 16.5. The fourth-order valence-corrected chi connectivity index (χ4v) is 4.34. The zero-order valence-corrected chi connectivity index (χ0v) is 17.5. The molecule has 5 heteroatoms. The molecule has 3 aromatic rings. The Bertz CT molecular complexity index is 1100. The predicted octanol–water partition coefficient (Wildman–Crippen LogP) is 4.76. The topological polar surface area (TPSA) is 51.9 Å². The number of hydrogen-bond donors (Lipinski definition) is 0. The molecule has 1 saturated heterocycles. The van der Waals surface area contributed by atoms with Crippen molar-refractivity contribution in [1.29, 1.82) is 0 Å². The van der Waals surface area contributed by atoms with Crippen LogP contribution in [0.2, 0.25) is 0 Å². The van der Waals surface area contributed by atoms with Crippen LogP contribution >= 0.6 is 0 Å². The average Bonchev–Trinajstić information content (AvgIpc) is 3.18. The lowest BCUT2D eigenvalue weighted by atomic mass is 10.0. The summed E-state index contributed by atoms with van der Waals surface area (Å²) in [5.41, 5.74) is 4.68. The van der Waals surface area contributed by atoms with Crippen molar-refractivity contribution >= 4 is 11.0 Å². The molecule has 5 nitrogen and oxygen atoms in total. The van der Waals surface area contributed by atoms with Crippen molar-refractivity contribution < 1.29 is 13.9 Å². The number of methoxy groups -OCH3 is 2. The maximum absolute atomic E-state index is 12.3. The molecule has 1 aliphatic heterocycles. The Morgan fingerprint density at radius 3 is 2.69 bits per heavy atom. The number of benzene rings is 2. The second kappa shape index (κ2) is 7.91. The smallest absolute Gasteiger partial charge is 0.336 e. The molecular formula is C24H27NO4. The van der Waals surface area contributed by atoms with Crippen LogP contribution in [0.25, 0.3) is 11.0 Å². The zero-order valence-electron chi connectivity index (χ0n) is 17.5. The van der Waals surface area contributed by atoms with Gasteiger partial charge in [0, 0.05) is 29.6 Å². The van der Waals surface area contributed by atoms with E-state index in [1.165, 1.54) is 0 Å². The fourth-order valence-electron chi connectivity index (χ4n) is 4.34. The number of fused-ring (bicyclic) bond motifs is 1. The average molecular weight is 393 g/mol. The summed E-state index contributed by atoms with van der Waals surface area (Å²) in [6, 6.07) is 11.9. The van der Waals surface area contributed by atoms with Gasteiger partial charge in [0.25, 0.3) is 0 Å². The number of nitrogens with zero attached hydrogens (tertiary/aromatic N) is 1. The molecule has 1 aromatic heterocycles. The standard InChI is InChI=1S/C24H27NO4/c1-15-7-9-19-17(12-23(26)29-24(19)16(15)2)14-25-11-5-6-21(25)20-13-18(27-3)8-10-22(20)28-4/h7-10,12-13,21H,5-6,11,14H2,1-4H3/t21-/m1/s1. The van der Waals surface area contributed by atoms with Gasteiger partial charge < -0.3 is 13.9 Å². The summed E-state index contributed by atoms with van der Waals surface area (Å²) < 4.78 is 16.6. The van der Waals surface area contributed by atoms with E-state index in [1.807, 2.05) is 26.0 Å². The quantitative estimate of drug-likeness (QED) is 0.585. The molecular weight excluding hydrogens is 366 g/mol. The first-order chi connectivity index (χ1) is 14.0. The van der Waals surface area contributed by atoms with Crippen molar-refractivity contribution in [3.05, 3.63) is 69.1 Å². The molecule has 2 aromatic carbocycles. The van der Waals surface area contributed by atoms with Crippen molar-refractivity contribution in [1.82, 2.24) is 4.90 Å². The van der Waals surface area contributed by atoms with Crippen LogP contribution < -0.4 is 15.1 Å². The highest BCUT2D eigenvalue weighted by molar-refractivity contribution is 5.83. The normalized spacial score (nSPS) is 17.0. The van der Waals surface area contributed by atoms with Crippen LogP contribution in [0.3, 0.4) is 0 Å². The minimum atomic E-state index is -0.295. The van der Waals surface area contributed by atoms with Gasteiger partial charge in [-0.15, -0.1) is 0 Å². The molecule has 1 aliphatic rings. The summed E-state index contributed by atoms with van der Waals surface area (Å²) in [7, 11) is 3.38. The van der Waals surface area contributed by atoms with Crippen LogP contribution in [0.4, 0.5) is 0 Å². The Kier molecular flexibility index (Phi) is 5.33. The van der Waals surface area contributed by atoms with Crippen molar-refractivity contribution in [3.8, 4) is 11.5 Å². The Labute approximate surface area is 170 Å². The van der Waals surface area contributed by atoms with Gasteiger partial charge in [0.2, 0.25) is 0 Å². The maximum atomic E-state index is 12.3. The van der Waals surface area contributed by atoms with Crippen LogP contribution in [0.1, 0.15) is 41.1 Å². The van der Waals surface area contributed by atoms with E-state index in [0.29, 0.717) is 12.1 Å². The Balaban J connectivity index is 1.74. The summed E-state index contributed by atoms with van der Waals surface area (Å²) in [6.07, 6.45) is 2.14. The van der Waals surface area contributed by atoms with E-state index in [4.69, 9.17) is 13.9 Å². The third-order valence-corrected chi connectivity index (χ3v) is 6.05. The highest BCUT2D eigenvalue weighted by Crippen LogP contribution is 2.40. The van der Waals surface area contributed by atoms with Gasteiger partial charge in [-0.2, -0.15) is 0 Å². The zero-order chi connectivity index (χ0) is 20.5. The van der Waals surface area contributed by atoms with E-state index >= 15 is 0 Å².